The van der Waals surface area contributed by atoms with Crippen molar-refractivity contribution in [1.29, 1.82) is 0 Å². The van der Waals surface area contributed by atoms with Crippen LogP contribution in [0.3, 0.4) is 0 Å². The van der Waals surface area contributed by atoms with E-state index in [9.17, 15) is 0 Å². The highest BCUT2D eigenvalue weighted by Crippen LogP contribution is 2.33. The lowest BCUT2D eigenvalue weighted by molar-refractivity contribution is 0.414. The van der Waals surface area contributed by atoms with Crippen LogP contribution in [0.25, 0.3) is 0 Å². The van der Waals surface area contributed by atoms with Crippen LogP contribution in [0.5, 0.6) is 5.75 Å². The zero-order valence-corrected chi connectivity index (χ0v) is 10.9. The number of aryl methyl sites for hydroxylation is 2. The molecule has 0 aliphatic heterocycles. The third-order valence-electron chi connectivity index (χ3n) is 2.49. The van der Waals surface area contributed by atoms with E-state index in [0.717, 1.165) is 27.1 Å². The normalized spacial score (nSPS) is 10.5. The van der Waals surface area contributed by atoms with Gasteiger partial charge in [-0.3, -0.25) is 4.68 Å². The molecule has 0 unspecified atom stereocenters. The molecule has 0 aliphatic carbocycles. The van der Waals surface area contributed by atoms with Crippen molar-refractivity contribution in [2.45, 2.75) is 16.8 Å². The Balaban J connectivity index is 2.25. The lowest BCUT2D eigenvalue weighted by Gasteiger charge is -2.04. The third-order valence-corrected chi connectivity index (χ3v) is 3.67. The molecule has 0 bridgehead atoms. The van der Waals surface area contributed by atoms with Gasteiger partial charge in [-0.1, -0.05) is 11.8 Å². The van der Waals surface area contributed by atoms with Gasteiger partial charge in [0.1, 0.15) is 10.8 Å². The highest BCUT2D eigenvalue weighted by molar-refractivity contribution is 7.99. The van der Waals surface area contributed by atoms with Crippen LogP contribution in [0.2, 0.25) is 0 Å². The van der Waals surface area contributed by atoms with Crippen molar-refractivity contribution in [3.8, 4) is 5.75 Å². The molecule has 0 radical (unpaired) electrons. The van der Waals surface area contributed by atoms with Gasteiger partial charge >= 0.3 is 0 Å². The Bertz CT molecular complexity index is 519. The lowest BCUT2D eigenvalue weighted by Crippen LogP contribution is -1.93. The molecule has 2 N–H and O–H groups in total. The van der Waals surface area contributed by atoms with E-state index in [4.69, 9.17) is 10.5 Å². The zero-order valence-electron chi connectivity index (χ0n) is 10.1. The van der Waals surface area contributed by atoms with Gasteiger partial charge in [-0.15, -0.1) is 0 Å². The van der Waals surface area contributed by atoms with Crippen molar-refractivity contribution >= 4 is 17.4 Å². The maximum absolute atomic E-state index is 5.98. The minimum Gasteiger partial charge on any atom is -0.497 e. The highest BCUT2D eigenvalue weighted by atomic mass is 32.2. The molecule has 1 aromatic carbocycles. The second-order valence-electron chi connectivity index (χ2n) is 3.71. The first kappa shape index (κ1) is 11.9. The van der Waals surface area contributed by atoms with E-state index in [-0.39, 0.29) is 0 Å². The Morgan fingerprint density at radius 3 is 2.41 bits per heavy atom. The van der Waals surface area contributed by atoms with Crippen LogP contribution in [-0.4, -0.2) is 16.9 Å². The smallest absolute Gasteiger partial charge is 0.122 e. The number of aromatic nitrogens is 2. The second kappa shape index (κ2) is 4.71. The van der Waals surface area contributed by atoms with Crippen LogP contribution in [0.1, 0.15) is 5.69 Å². The van der Waals surface area contributed by atoms with E-state index in [0.29, 0.717) is 0 Å². The number of anilines is 1. The number of rotatable bonds is 3. The van der Waals surface area contributed by atoms with Crippen molar-refractivity contribution in [3.05, 3.63) is 30.0 Å². The van der Waals surface area contributed by atoms with Gasteiger partial charge in [-0.05, 0) is 31.2 Å². The first-order chi connectivity index (χ1) is 8.11. The van der Waals surface area contributed by atoms with Crippen molar-refractivity contribution in [2.24, 2.45) is 7.05 Å². The summed E-state index contributed by atoms with van der Waals surface area (Å²) in [6.07, 6.45) is 0. The van der Waals surface area contributed by atoms with Crippen LogP contribution in [0.4, 0.5) is 5.69 Å². The first-order valence-electron chi connectivity index (χ1n) is 5.23. The molecule has 4 nitrogen and oxygen atoms in total. The van der Waals surface area contributed by atoms with E-state index in [1.807, 2.05) is 38.2 Å². The molecule has 0 saturated heterocycles. The standard InChI is InChI=1S/C12H15N3OS/c1-8-11(13)12(15(2)14-8)17-10-6-4-9(16-3)5-7-10/h4-7H,13H2,1-3H3. The quantitative estimate of drug-likeness (QED) is 0.908. The Labute approximate surface area is 105 Å². The molecule has 17 heavy (non-hydrogen) atoms. The molecule has 0 fully saturated rings. The number of methoxy groups -OCH3 is 1. The molecule has 90 valence electrons. The monoisotopic (exact) mass is 249 g/mol. The molecular formula is C12H15N3OS. The summed E-state index contributed by atoms with van der Waals surface area (Å²) in [4.78, 5) is 1.11. The average molecular weight is 249 g/mol. The topological polar surface area (TPSA) is 53.1 Å². The fourth-order valence-electron chi connectivity index (χ4n) is 1.53. The predicted octanol–water partition coefficient (Wildman–Crippen LogP) is 2.47. The van der Waals surface area contributed by atoms with E-state index >= 15 is 0 Å². The summed E-state index contributed by atoms with van der Waals surface area (Å²) in [5.74, 6) is 0.850. The van der Waals surface area contributed by atoms with Gasteiger partial charge in [0.15, 0.2) is 0 Å². The maximum Gasteiger partial charge on any atom is 0.122 e. The number of ether oxygens (including phenoxy) is 1. The SMILES string of the molecule is COc1ccc(Sc2c(N)c(C)nn2C)cc1. The summed E-state index contributed by atoms with van der Waals surface area (Å²) in [7, 11) is 3.56. The molecule has 1 heterocycles. The maximum atomic E-state index is 5.98. The van der Waals surface area contributed by atoms with Crippen molar-refractivity contribution in [2.75, 3.05) is 12.8 Å². The predicted molar refractivity (Wildman–Crippen MR) is 69.5 cm³/mol. The zero-order chi connectivity index (χ0) is 12.4. The number of hydrogen-bond donors (Lipinski definition) is 1. The summed E-state index contributed by atoms with van der Waals surface area (Å²) in [6, 6.07) is 7.88. The van der Waals surface area contributed by atoms with E-state index < -0.39 is 0 Å². The molecule has 2 rings (SSSR count). The lowest BCUT2D eigenvalue weighted by atomic mass is 10.3. The van der Waals surface area contributed by atoms with Gasteiger partial charge in [0.25, 0.3) is 0 Å². The molecular weight excluding hydrogens is 234 g/mol. The van der Waals surface area contributed by atoms with Crippen LogP contribution in [0.15, 0.2) is 34.2 Å². The van der Waals surface area contributed by atoms with Gasteiger partial charge in [-0.25, -0.2) is 0 Å². The molecule has 0 atom stereocenters. The largest absolute Gasteiger partial charge is 0.497 e. The summed E-state index contributed by atoms with van der Waals surface area (Å²) >= 11 is 1.60. The Hall–Kier alpha value is -1.62. The number of nitrogens with two attached hydrogens (primary N) is 1. The van der Waals surface area contributed by atoms with Crippen molar-refractivity contribution < 1.29 is 4.74 Å². The number of nitrogens with zero attached hydrogens (tertiary/aromatic N) is 2. The number of benzene rings is 1. The van der Waals surface area contributed by atoms with Gasteiger partial charge in [0.2, 0.25) is 0 Å². The van der Waals surface area contributed by atoms with Gasteiger partial charge < -0.3 is 10.5 Å². The van der Waals surface area contributed by atoms with Crippen LogP contribution in [-0.2, 0) is 7.05 Å². The van der Waals surface area contributed by atoms with Crippen LogP contribution in [0, 0.1) is 6.92 Å². The van der Waals surface area contributed by atoms with E-state index in [1.165, 1.54) is 0 Å². The summed E-state index contributed by atoms with van der Waals surface area (Å²) < 4.78 is 6.92. The minimum atomic E-state index is 0.744. The van der Waals surface area contributed by atoms with Gasteiger partial charge in [-0.2, -0.15) is 5.10 Å². The van der Waals surface area contributed by atoms with Gasteiger partial charge in [0.05, 0.1) is 18.5 Å². The van der Waals surface area contributed by atoms with Crippen LogP contribution < -0.4 is 10.5 Å². The summed E-state index contributed by atoms with van der Waals surface area (Å²) in [6.45, 7) is 1.91. The summed E-state index contributed by atoms with van der Waals surface area (Å²) in [5.41, 5.74) is 7.59. The first-order valence-corrected chi connectivity index (χ1v) is 6.04. The van der Waals surface area contributed by atoms with E-state index in [2.05, 4.69) is 5.10 Å². The van der Waals surface area contributed by atoms with E-state index in [1.54, 1.807) is 23.6 Å². The Morgan fingerprint density at radius 1 is 1.29 bits per heavy atom. The number of nitrogen functional groups attached to an aromatic ring is 1. The Morgan fingerprint density at radius 2 is 1.94 bits per heavy atom. The highest BCUT2D eigenvalue weighted by Gasteiger charge is 2.11. The molecule has 0 amide bonds. The number of hydrogen-bond acceptors (Lipinski definition) is 4. The second-order valence-corrected chi connectivity index (χ2v) is 4.77. The molecule has 0 aliphatic rings. The Kier molecular flexibility index (Phi) is 3.28. The average Bonchev–Trinajstić information content (AvgIpc) is 2.57. The molecule has 0 saturated carbocycles. The fraction of sp³-hybridized carbons (Fsp3) is 0.250. The van der Waals surface area contributed by atoms with Crippen LogP contribution >= 0.6 is 11.8 Å². The molecule has 5 heteroatoms. The van der Waals surface area contributed by atoms with Gasteiger partial charge in [0, 0.05) is 11.9 Å². The molecule has 1 aromatic heterocycles. The van der Waals surface area contributed by atoms with Crippen molar-refractivity contribution in [1.82, 2.24) is 9.78 Å². The minimum absolute atomic E-state index is 0.744. The molecule has 2 aromatic rings. The fourth-order valence-corrected chi connectivity index (χ4v) is 2.46. The van der Waals surface area contributed by atoms with Crippen molar-refractivity contribution in [3.63, 3.8) is 0 Å². The summed E-state index contributed by atoms with van der Waals surface area (Å²) in [5, 5.41) is 5.25. The third kappa shape index (κ3) is 2.39. The molecule has 0 spiro atoms.